The summed E-state index contributed by atoms with van der Waals surface area (Å²) >= 11 is 0. The van der Waals surface area contributed by atoms with Crippen molar-refractivity contribution in [3.05, 3.63) is 59.7 Å². The van der Waals surface area contributed by atoms with Crippen molar-refractivity contribution in [3.63, 3.8) is 0 Å². The number of alkyl halides is 3. The molecule has 0 aromatic heterocycles. The maximum Gasteiger partial charge on any atom is 0.471 e. The van der Waals surface area contributed by atoms with Crippen molar-refractivity contribution in [1.82, 2.24) is 5.32 Å². The maximum atomic E-state index is 12.1. The minimum absolute atomic E-state index is 0.143. The number of carboxylic acids is 1. The molecule has 0 unspecified atom stereocenters. The molecule has 7 heteroatoms. The predicted octanol–water partition coefficient (Wildman–Crippen LogP) is 3.23. The summed E-state index contributed by atoms with van der Waals surface area (Å²) in [6.45, 7) is -0.242. The molecule has 0 saturated carbocycles. The normalized spacial score (nSPS) is 11.1. The van der Waals surface area contributed by atoms with Crippen LogP contribution < -0.4 is 5.32 Å². The zero-order valence-corrected chi connectivity index (χ0v) is 11.7. The molecule has 0 aliphatic rings. The van der Waals surface area contributed by atoms with Crippen molar-refractivity contribution in [2.75, 3.05) is 0 Å². The molecule has 0 spiro atoms. The lowest BCUT2D eigenvalue weighted by atomic mass is 10.0. The Morgan fingerprint density at radius 2 is 1.65 bits per heavy atom. The molecule has 0 aliphatic heterocycles. The van der Waals surface area contributed by atoms with Crippen LogP contribution in [0.5, 0.6) is 0 Å². The van der Waals surface area contributed by atoms with Gasteiger partial charge in [-0.15, -0.1) is 0 Å². The highest BCUT2D eigenvalue weighted by Crippen LogP contribution is 2.21. The number of carbonyl (C=O) groups is 2. The van der Waals surface area contributed by atoms with Crippen LogP contribution >= 0.6 is 0 Å². The van der Waals surface area contributed by atoms with Crippen LogP contribution in [-0.2, 0) is 11.3 Å². The van der Waals surface area contributed by atoms with Gasteiger partial charge in [0.15, 0.2) is 0 Å². The average Bonchev–Trinajstić information content (AvgIpc) is 2.52. The SMILES string of the molecule is O=C(O)c1cccc(-c2ccc(CNC(=O)C(F)(F)F)cc2)c1. The summed E-state index contributed by atoms with van der Waals surface area (Å²) in [7, 11) is 0. The zero-order valence-electron chi connectivity index (χ0n) is 11.7. The van der Waals surface area contributed by atoms with Gasteiger partial charge in [0, 0.05) is 6.54 Å². The molecule has 0 heterocycles. The molecule has 2 rings (SSSR count). The zero-order chi connectivity index (χ0) is 17.0. The number of halogens is 3. The number of hydrogen-bond acceptors (Lipinski definition) is 2. The van der Waals surface area contributed by atoms with Gasteiger partial charge in [0.05, 0.1) is 5.56 Å². The highest BCUT2D eigenvalue weighted by atomic mass is 19.4. The predicted molar refractivity (Wildman–Crippen MR) is 76.7 cm³/mol. The second kappa shape index (κ2) is 6.51. The van der Waals surface area contributed by atoms with Gasteiger partial charge in [0.25, 0.3) is 0 Å². The second-order valence-corrected chi connectivity index (χ2v) is 4.76. The summed E-state index contributed by atoms with van der Waals surface area (Å²) in [4.78, 5) is 21.7. The molecular weight excluding hydrogens is 311 g/mol. The van der Waals surface area contributed by atoms with Crippen LogP contribution in [0.25, 0.3) is 11.1 Å². The molecule has 1 amide bonds. The molecule has 0 saturated heterocycles. The van der Waals surface area contributed by atoms with Crippen molar-refractivity contribution in [1.29, 1.82) is 0 Å². The Hall–Kier alpha value is -2.83. The van der Waals surface area contributed by atoms with Crippen LogP contribution in [0.2, 0.25) is 0 Å². The fraction of sp³-hybridized carbons (Fsp3) is 0.125. The third-order valence-corrected chi connectivity index (χ3v) is 3.11. The van der Waals surface area contributed by atoms with Gasteiger partial charge in [-0.05, 0) is 28.8 Å². The van der Waals surface area contributed by atoms with Crippen LogP contribution in [0.3, 0.4) is 0 Å². The summed E-state index contributed by atoms with van der Waals surface area (Å²) in [5, 5.41) is 10.7. The Bertz CT molecular complexity index is 724. The number of benzene rings is 2. The maximum absolute atomic E-state index is 12.1. The first-order valence-corrected chi connectivity index (χ1v) is 6.55. The first kappa shape index (κ1) is 16.5. The lowest BCUT2D eigenvalue weighted by Crippen LogP contribution is -2.36. The van der Waals surface area contributed by atoms with E-state index in [9.17, 15) is 22.8 Å². The van der Waals surface area contributed by atoms with E-state index >= 15 is 0 Å². The van der Waals surface area contributed by atoms with Crippen LogP contribution in [-0.4, -0.2) is 23.2 Å². The number of amides is 1. The van der Waals surface area contributed by atoms with Crippen molar-refractivity contribution >= 4 is 11.9 Å². The molecule has 0 atom stereocenters. The lowest BCUT2D eigenvalue weighted by molar-refractivity contribution is -0.173. The van der Waals surface area contributed by atoms with Gasteiger partial charge in [-0.3, -0.25) is 4.79 Å². The lowest BCUT2D eigenvalue weighted by Gasteiger charge is -2.09. The van der Waals surface area contributed by atoms with E-state index in [1.165, 1.54) is 12.1 Å². The van der Waals surface area contributed by atoms with Gasteiger partial charge in [0.1, 0.15) is 0 Å². The third-order valence-electron chi connectivity index (χ3n) is 3.11. The Labute approximate surface area is 129 Å². The van der Waals surface area contributed by atoms with Gasteiger partial charge in [-0.1, -0.05) is 36.4 Å². The van der Waals surface area contributed by atoms with E-state index in [1.807, 2.05) is 0 Å². The molecule has 0 radical (unpaired) electrons. The van der Waals surface area contributed by atoms with Crippen molar-refractivity contribution < 1.29 is 27.9 Å². The molecule has 0 aliphatic carbocycles. The fourth-order valence-corrected chi connectivity index (χ4v) is 1.93. The van der Waals surface area contributed by atoms with E-state index in [1.54, 1.807) is 41.7 Å². The molecule has 2 aromatic rings. The van der Waals surface area contributed by atoms with Crippen LogP contribution in [0.1, 0.15) is 15.9 Å². The minimum atomic E-state index is -4.91. The Balaban J connectivity index is 2.09. The number of aromatic carboxylic acids is 1. The topological polar surface area (TPSA) is 66.4 Å². The Morgan fingerprint density at radius 1 is 1.00 bits per heavy atom. The fourth-order valence-electron chi connectivity index (χ4n) is 1.93. The number of carbonyl (C=O) groups excluding carboxylic acids is 1. The molecule has 2 aromatic carbocycles. The summed E-state index contributed by atoms with van der Waals surface area (Å²) in [6, 6.07) is 12.7. The standard InChI is InChI=1S/C16H12F3NO3/c17-16(18,19)15(23)20-9-10-4-6-11(7-5-10)12-2-1-3-13(8-12)14(21)22/h1-8H,9H2,(H,20,23)(H,21,22). The minimum Gasteiger partial charge on any atom is -0.478 e. The van der Waals surface area contributed by atoms with Crippen molar-refractivity contribution in [2.45, 2.75) is 12.7 Å². The quantitative estimate of drug-likeness (QED) is 0.908. The van der Waals surface area contributed by atoms with Crippen molar-refractivity contribution in [3.8, 4) is 11.1 Å². The van der Waals surface area contributed by atoms with Crippen LogP contribution in [0, 0.1) is 0 Å². The van der Waals surface area contributed by atoms with Gasteiger partial charge in [-0.25, -0.2) is 4.79 Å². The van der Waals surface area contributed by atoms with E-state index in [0.717, 1.165) is 5.56 Å². The number of nitrogens with one attached hydrogen (secondary N) is 1. The van der Waals surface area contributed by atoms with E-state index in [-0.39, 0.29) is 12.1 Å². The van der Waals surface area contributed by atoms with Gasteiger partial charge in [0.2, 0.25) is 0 Å². The Morgan fingerprint density at radius 3 is 2.22 bits per heavy atom. The number of hydrogen-bond donors (Lipinski definition) is 2. The molecule has 2 N–H and O–H groups in total. The molecule has 120 valence electrons. The summed E-state index contributed by atoms with van der Waals surface area (Å²) in [5.41, 5.74) is 2.04. The van der Waals surface area contributed by atoms with E-state index < -0.39 is 18.1 Å². The van der Waals surface area contributed by atoms with Gasteiger partial charge >= 0.3 is 18.1 Å². The first-order chi connectivity index (χ1) is 10.8. The molecule has 4 nitrogen and oxygen atoms in total. The smallest absolute Gasteiger partial charge is 0.471 e. The van der Waals surface area contributed by atoms with Gasteiger partial charge in [-0.2, -0.15) is 13.2 Å². The van der Waals surface area contributed by atoms with E-state index in [4.69, 9.17) is 5.11 Å². The number of rotatable bonds is 4. The van der Waals surface area contributed by atoms with Crippen molar-refractivity contribution in [2.24, 2.45) is 0 Å². The van der Waals surface area contributed by atoms with E-state index in [2.05, 4.69) is 0 Å². The molecule has 0 fully saturated rings. The van der Waals surface area contributed by atoms with E-state index in [0.29, 0.717) is 11.1 Å². The molecular formula is C16H12F3NO3. The summed E-state index contributed by atoms with van der Waals surface area (Å²) < 4.78 is 36.2. The largest absolute Gasteiger partial charge is 0.478 e. The third kappa shape index (κ3) is 4.32. The van der Waals surface area contributed by atoms with Crippen LogP contribution in [0.15, 0.2) is 48.5 Å². The summed E-state index contributed by atoms with van der Waals surface area (Å²) in [6.07, 6.45) is -4.91. The average molecular weight is 323 g/mol. The summed E-state index contributed by atoms with van der Waals surface area (Å²) in [5.74, 6) is -3.03. The molecule has 0 bridgehead atoms. The Kier molecular flexibility index (Phi) is 4.68. The highest BCUT2D eigenvalue weighted by Gasteiger charge is 2.38. The highest BCUT2D eigenvalue weighted by molar-refractivity contribution is 5.89. The first-order valence-electron chi connectivity index (χ1n) is 6.55. The van der Waals surface area contributed by atoms with Crippen LogP contribution in [0.4, 0.5) is 13.2 Å². The number of carboxylic acid groups (broad SMARTS) is 1. The molecule has 23 heavy (non-hydrogen) atoms. The second-order valence-electron chi connectivity index (χ2n) is 4.76. The van der Waals surface area contributed by atoms with Gasteiger partial charge < -0.3 is 10.4 Å². The monoisotopic (exact) mass is 323 g/mol.